The van der Waals surface area contributed by atoms with Crippen LogP contribution in [0.5, 0.6) is 17.2 Å². The minimum Gasteiger partial charge on any atom is -0.386 e. The van der Waals surface area contributed by atoms with E-state index in [1.54, 1.807) is 42.5 Å². The van der Waals surface area contributed by atoms with Crippen molar-refractivity contribution in [1.82, 2.24) is 0 Å². The third kappa shape index (κ3) is 6.13. The molecular formula is C24H27O4P. The van der Waals surface area contributed by atoms with Gasteiger partial charge in [0, 0.05) is 0 Å². The molecule has 4 nitrogen and oxygen atoms in total. The Bertz CT molecular complexity index is 952. The van der Waals surface area contributed by atoms with Crippen LogP contribution in [0, 0.1) is 0 Å². The van der Waals surface area contributed by atoms with Crippen molar-refractivity contribution in [1.29, 1.82) is 0 Å². The Morgan fingerprint density at radius 2 is 1.34 bits per heavy atom. The molecule has 5 heteroatoms. The number of rotatable bonds is 9. The molecule has 3 rings (SSSR count). The normalized spacial score (nSPS) is 13.0. The van der Waals surface area contributed by atoms with Crippen LogP contribution >= 0.6 is 7.82 Å². The molecule has 0 aliphatic rings. The lowest BCUT2D eigenvalue weighted by molar-refractivity contribution is 0.298. The van der Waals surface area contributed by atoms with Gasteiger partial charge in [0.05, 0.1) is 0 Å². The Kier molecular flexibility index (Phi) is 7.00. The molecule has 0 saturated carbocycles. The second-order valence-corrected chi connectivity index (χ2v) is 8.60. The van der Waals surface area contributed by atoms with Gasteiger partial charge in [0.1, 0.15) is 17.2 Å². The number of aryl methyl sites for hydroxylation is 1. The van der Waals surface area contributed by atoms with Gasteiger partial charge in [-0.1, -0.05) is 69.7 Å². The average Bonchev–Trinajstić information content (AvgIpc) is 2.70. The van der Waals surface area contributed by atoms with Crippen LogP contribution in [0.1, 0.15) is 44.2 Å². The summed E-state index contributed by atoms with van der Waals surface area (Å²) in [7, 11) is -3.97. The second-order valence-electron chi connectivity index (χ2n) is 7.16. The Morgan fingerprint density at radius 1 is 0.759 bits per heavy atom. The summed E-state index contributed by atoms with van der Waals surface area (Å²) in [5, 5.41) is 0. The highest BCUT2D eigenvalue weighted by molar-refractivity contribution is 7.49. The van der Waals surface area contributed by atoms with Crippen LogP contribution in [0.4, 0.5) is 0 Å². The molecule has 152 valence electrons. The van der Waals surface area contributed by atoms with Crippen LogP contribution < -0.4 is 13.6 Å². The molecule has 0 aromatic heterocycles. The summed E-state index contributed by atoms with van der Waals surface area (Å²) in [5.74, 6) is 1.61. The Balaban J connectivity index is 1.87. The number of hydrogen-bond donors (Lipinski definition) is 0. The molecule has 0 unspecified atom stereocenters. The summed E-state index contributed by atoms with van der Waals surface area (Å²) in [5.41, 5.74) is 2.28. The highest BCUT2D eigenvalue weighted by Crippen LogP contribution is 2.50. The van der Waals surface area contributed by atoms with Crippen molar-refractivity contribution in [2.45, 2.75) is 39.5 Å². The van der Waals surface area contributed by atoms with Crippen molar-refractivity contribution in [3.63, 3.8) is 0 Å². The molecule has 3 aromatic carbocycles. The maximum absolute atomic E-state index is 13.5. The number of phosphoric acid groups is 1. The maximum atomic E-state index is 13.5. The first-order chi connectivity index (χ1) is 14.0. The van der Waals surface area contributed by atoms with Gasteiger partial charge in [-0.15, -0.1) is 0 Å². The van der Waals surface area contributed by atoms with E-state index < -0.39 is 7.82 Å². The SMILES string of the molecule is CCCc1ccc(O[P@](=O)(Oc2ccccc2)Oc2cccc(C(C)C)c2)cc1. The first-order valence-electron chi connectivity index (χ1n) is 9.90. The van der Waals surface area contributed by atoms with Crippen LogP contribution in [0.15, 0.2) is 78.9 Å². The van der Waals surface area contributed by atoms with Crippen molar-refractivity contribution in [3.05, 3.63) is 90.0 Å². The van der Waals surface area contributed by atoms with Gasteiger partial charge in [-0.05, 0) is 59.9 Å². The fourth-order valence-corrected chi connectivity index (χ4v) is 4.10. The van der Waals surface area contributed by atoms with Gasteiger partial charge in [-0.25, -0.2) is 0 Å². The van der Waals surface area contributed by atoms with E-state index in [1.165, 1.54) is 5.56 Å². The summed E-state index contributed by atoms with van der Waals surface area (Å²) < 4.78 is 30.8. The number of benzene rings is 3. The molecule has 3 aromatic rings. The third-order valence-corrected chi connectivity index (χ3v) is 5.68. The summed E-state index contributed by atoms with van der Waals surface area (Å²) in [4.78, 5) is 0. The molecule has 0 bridgehead atoms. The van der Waals surface area contributed by atoms with Crippen molar-refractivity contribution in [2.75, 3.05) is 0 Å². The predicted octanol–water partition coefficient (Wildman–Crippen LogP) is 7.41. The lowest BCUT2D eigenvalue weighted by atomic mass is 10.0. The predicted molar refractivity (Wildman–Crippen MR) is 117 cm³/mol. The molecule has 0 amide bonds. The van der Waals surface area contributed by atoms with Crippen LogP contribution in [0.2, 0.25) is 0 Å². The lowest BCUT2D eigenvalue weighted by Gasteiger charge is -2.20. The van der Waals surface area contributed by atoms with E-state index in [-0.39, 0.29) is 0 Å². The summed E-state index contributed by atoms with van der Waals surface area (Å²) >= 11 is 0. The Labute approximate surface area is 173 Å². The largest absolute Gasteiger partial charge is 0.647 e. The zero-order valence-electron chi connectivity index (χ0n) is 17.1. The molecule has 0 fully saturated rings. The lowest BCUT2D eigenvalue weighted by Crippen LogP contribution is -2.08. The van der Waals surface area contributed by atoms with Gasteiger partial charge in [-0.2, -0.15) is 4.57 Å². The zero-order chi connectivity index (χ0) is 20.7. The quantitative estimate of drug-likeness (QED) is 0.345. The molecule has 0 radical (unpaired) electrons. The van der Waals surface area contributed by atoms with Gasteiger partial charge in [0.2, 0.25) is 0 Å². The molecule has 0 aliphatic heterocycles. The minimum absolute atomic E-state index is 0.319. The fraction of sp³-hybridized carbons (Fsp3) is 0.250. The van der Waals surface area contributed by atoms with E-state index in [4.69, 9.17) is 13.6 Å². The van der Waals surface area contributed by atoms with Crippen molar-refractivity contribution < 1.29 is 18.1 Å². The number of para-hydroxylation sites is 1. The fourth-order valence-electron chi connectivity index (χ4n) is 2.86. The molecule has 0 N–H and O–H groups in total. The molecule has 0 heterocycles. The van der Waals surface area contributed by atoms with Gasteiger partial charge in [0.15, 0.2) is 0 Å². The molecule has 1 atom stereocenters. The van der Waals surface area contributed by atoms with E-state index in [1.807, 2.05) is 36.4 Å². The molecule has 29 heavy (non-hydrogen) atoms. The standard InChI is InChI=1S/C24H27O4P/c1-4-9-20-14-16-23(17-15-20)27-29(25,26-22-11-6-5-7-12-22)28-24-13-8-10-21(18-24)19(2)3/h5-8,10-19H,4,9H2,1-3H3/t29-/m0/s1. The smallest absolute Gasteiger partial charge is 0.386 e. The highest BCUT2D eigenvalue weighted by atomic mass is 31.2. The van der Waals surface area contributed by atoms with E-state index in [0.717, 1.165) is 18.4 Å². The van der Waals surface area contributed by atoms with E-state index in [9.17, 15) is 4.57 Å². The van der Waals surface area contributed by atoms with Crippen LogP contribution in [0.25, 0.3) is 0 Å². The summed E-state index contributed by atoms with van der Waals surface area (Å²) in [6, 6.07) is 23.9. The third-order valence-electron chi connectivity index (χ3n) is 4.38. The van der Waals surface area contributed by atoms with Crippen LogP contribution in [-0.4, -0.2) is 0 Å². The Morgan fingerprint density at radius 3 is 1.97 bits per heavy atom. The topological polar surface area (TPSA) is 44.8 Å². The minimum atomic E-state index is -3.97. The zero-order valence-corrected chi connectivity index (χ0v) is 18.0. The van der Waals surface area contributed by atoms with Crippen molar-refractivity contribution in [3.8, 4) is 17.2 Å². The van der Waals surface area contributed by atoms with Gasteiger partial charge in [-0.3, -0.25) is 0 Å². The van der Waals surface area contributed by atoms with E-state index in [0.29, 0.717) is 23.2 Å². The first kappa shape index (κ1) is 21.0. The monoisotopic (exact) mass is 410 g/mol. The van der Waals surface area contributed by atoms with Crippen LogP contribution in [-0.2, 0) is 11.0 Å². The first-order valence-corrected chi connectivity index (χ1v) is 11.4. The van der Waals surface area contributed by atoms with Gasteiger partial charge >= 0.3 is 7.82 Å². The molecule has 0 spiro atoms. The molecule has 0 aliphatic carbocycles. The average molecular weight is 410 g/mol. The van der Waals surface area contributed by atoms with Crippen LogP contribution in [0.3, 0.4) is 0 Å². The van der Waals surface area contributed by atoms with E-state index >= 15 is 0 Å². The number of hydrogen-bond acceptors (Lipinski definition) is 4. The molecular weight excluding hydrogens is 383 g/mol. The molecule has 0 saturated heterocycles. The highest BCUT2D eigenvalue weighted by Gasteiger charge is 2.33. The maximum Gasteiger partial charge on any atom is 0.647 e. The van der Waals surface area contributed by atoms with Gasteiger partial charge < -0.3 is 13.6 Å². The second kappa shape index (κ2) is 9.67. The summed E-state index contributed by atoms with van der Waals surface area (Å²) in [6.07, 6.45) is 2.04. The van der Waals surface area contributed by atoms with Crippen molar-refractivity contribution in [2.24, 2.45) is 0 Å². The summed E-state index contributed by atoms with van der Waals surface area (Å²) in [6.45, 7) is 6.31. The van der Waals surface area contributed by atoms with Crippen molar-refractivity contribution >= 4 is 7.82 Å². The van der Waals surface area contributed by atoms with Gasteiger partial charge in [0.25, 0.3) is 0 Å². The van der Waals surface area contributed by atoms with E-state index in [2.05, 4.69) is 20.8 Å². The number of phosphoric ester groups is 1. The Hall–Kier alpha value is -2.71.